The maximum absolute atomic E-state index is 12.3. The number of hydrogen-bond acceptors (Lipinski definition) is 4. The van der Waals surface area contributed by atoms with Gasteiger partial charge in [0.15, 0.2) is 0 Å². The molecule has 1 amide bonds. The molecule has 0 aliphatic rings. The number of anilines is 1. The molecular formula is C19H29ClN4O2. The van der Waals surface area contributed by atoms with E-state index in [0.717, 1.165) is 16.9 Å². The van der Waals surface area contributed by atoms with Crippen LogP contribution in [0.4, 0.5) is 5.82 Å². The number of carbonyl (C=O) groups excluding carboxylic acids is 1. The highest BCUT2D eigenvalue weighted by atomic mass is 35.5. The third-order valence-corrected chi connectivity index (χ3v) is 3.99. The number of nitrogens with zero attached hydrogens (tertiary/aromatic N) is 2. The molecule has 0 spiro atoms. The molecule has 0 fully saturated rings. The van der Waals surface area contributed by atoms with Gasteiger partial charge in [-0.3, -0.25) is 4.79 Å². The summed E-state index contributed by atoms with van der Waals surface area (Å²) in [5.74, 6) is 0.307. The minimum atomic E-state index is -0.731. The molecule has 7 heteroatoms. The molecule has 2 rings (SSSR count). The lowest BCUT2D eigenvalue weighted by atomic mass is 9.92. The summed E-state index contributed by atoms with van der Waals surface area (Å²) in [6, 6.07) is 7.30. The van der Waals surface area contributed by atoms with E-state index in [9.17, 15) is 4.79 Å². The summed E-state index contributed by atoms with van der Waals surface area (Å²) in [5.41, 5.74) is 9.78. The summed E-state index contributed by atoms with van der Waals surface area (Å²) < 4.78 is 6.73. The van der Waals surface area contributed by atoms with Gasteiger partial charge in [-0.2, -0.15) is 5.10 Å². The van der Waals surface area contributed by atoms with Crippen LogP contribution in [0.5, 0.6) is 0 Å². The van der Waals surface area contributed by atoms with Gasteiger partial charge in [0.05, 0.1) is 18.0 Å². The molecule has 0 radical (unpaired) electrons. The Bertz CT molecular complexity index is 765. The highest BCUT2D eigenvalue weighted by molar-refractivity contribution is 5.94. The van der Waals surface area contributed by atoms with Crippen molar-refractivity contribution in [3.05, 3.63) is 41.1 Å². The zero-order chi connectivity index (χ0) is 18.8. The van der Waals surface area contributed by atoms with Gasteiger partial charge < -0.3 is 15.8 Å². The van der Waals surface area contributed by atoms with Crippen LogP contribution in [0.25, 0.3) is 5.69 Å². The molecule has 26 heavy (non-hydrogen) atoms. The average Bonchev–Trinajstić information content (AvgIpc) is 2.91. The lowest BCUT2D eigenvalue weighted by molar-refractivity contribution is -0.118. The van der Waals surface area contributed by atoms with E-state index in [1.165, 1.54) is 12.7 Å². The number of carbonyl (C=O) groups is 1. The van der Waals surface area contributed by atoms with Crippen LogP contribution < -0.4 is 11.1 Å². The normalized spacial score (nSPS) is 12.4. The monoisotopic (exact) mass is 380 g/mol. The van der Waals surface area contributed by atoms with Crippen LogP contribution in [-0.2, 0) is 14.9 Å². The Kier molecular flexibility index (Phi) is 7.38. The van der Waals surface area contributed by atoms with E-state index >= 15 is 0 Å². The first-order valence-electron chi connectivity index (χ1n) is 8.37. The Labute approximate surface area is 161 Å². The quantitative estimate of drug-likeness (QED) is 0.834. The molecule has 1 aromatic carbocycles. The van der Waals surface area contributed by atoms with E-state index in [1.807, 2.05) is 32.0 Å². The van der Waals surface area contributed by atoms with Gasteiger partial charge >= 0.3 is 0 Å². The Morgan fingerprint density at radius 2 is 1.96 bits per heavy atom. The number of methoxy groups -OCH3 is 1. The van der Waals surface area contributed by atoms with E-state index in [-0.39, 0.29) is 30.3 Å². The van der Waals surface area contributed by atoms with Crippen molar-refractivity contribution < 1.29 is 9.53 Å². The highest BCUT2D eigenvalue weighted by Crippen LogP contribution is 2.27. The molecule has 0 bridgehead atoms. The second-order valence-electron chi connectivity index (χ2n) is 7.42. The minimum Gasteiger partial charge on any atom is -0.383 e. The van der Waals surface area contributed by atoms with Gasteiger partial charge in [0.1, 0.15) is 11.9 Å². The molecule has 6 nitrogen and oxygen atoms in total. The number of aromatic nitrogens is 2. The van der Waals surface area contributed by atoms with E-state index < -0.39 is 6.04 Å². The first-order valence-corrected chi connectivity index (χ1v) is 8.37. The molecule has 1 heterocycles. The Hall–Kier alpha value is -1.89. The number of benzene rings is 1. The van der Waals surface area contributed by atoms with Gasteiger partial charge in [-0.05, 0) is 25.5 Å². The number of aryl methyl sites for hydroxylation is 2. The Morgan fingerprint density at radius 1 is 1.31 bits per heavy atom. The topological polar surface area (TPSA) is 82.2 Å². The molecule has 1 aromatic heterocycles. The predicted octanol–water partition coefficient (Wildman–Crippen LogP) is 3.12. The van der Waals surface area contributed by atoms with Gasteiger partial charge in [0, 0.05) is 18.6 Å². The Morgan fingerprint density at radius 3 is 2.50 bits per heavy atom. The number of hydrogen-bond donors (Lipinski definition) is 2. The summed E-state index contributed by atoms with van der Waals surface area (Å²) in [6.45, 7) is 10.5. The van der Waals surface area contributed by atoms with Crippen LogP contribution in [0.3, 0.4) is 0 Å². The van der Waals surface area contributed by atoms with Crippen molar-refractivity contribution in [1.29, 1.82) is 0 Å². The van der Waals surface area contributed by atoms with Crippen molar-refractivity contribution in [3.63, 3.8) is 0 Å². The van der Waals surface area contributed by atoms with Gasteiger partial charge in [-0.15, -0.1) is 12.4 Å². The molecule has 144 valence electrons. The van der Waals surface area contributed by atoms with Crippen molar-refractivity contribution in [3.8, 4) is 5.69 Å². The second kappa shape index (κ2) is 8.66. The molecule has 0 aliphatic heterocycles. The molecule has 2 aromatic rings. The lowest BCUT2D eigenvalue weighted by Gasteiger charge is -2.15. The predicted molar refractivity (Wildman–Crippen MR) is 107 cm³/mol. The summed E-state index contributed by atoms with van der Waals surface area (Å²) in [6.07, 6.45) is 0. The van der Waals surface area contributed by atoms with Gasteiger partial charge in [0.25, 0.3) is 0 Å². The number of nitrogens with one attached hydrogen (secondary N) is 1. The van der Waals surface area contributed by atoms with E-state index in [0.29, 0.717) is 5.82 Å². The molecule has 1 unspecified atom stereocenters. The largest absolute Gasteiger partial charge is 0.383 e. The summed E-state index contributed by atoms with van der Waals surface area (Å²) in [5, 5.41) is 7.61. The third kappa shape index (κ3) is 5.06. The fourth-order valence-corrected chi connectivity index (χ4v) is 2.54. The van der Waals surface area contributed by atoms with E-state index in [4.69, 9.17) is 15.6 Å². The zero-order valence-corrected chi connectivity index (χ0v) is 17.1. The fourth-order valence-electron chi connectivity index (χ4n) is 2.54. The first kappa shape index (κ1) is 22.2. The van der Waals surface area contributed by atoms with Gasteiger partial charge in [-0.25, -0.2) is 4.68 Å². The number of nitrogens with two attached hydrogens (primary N) is 1. The van der Waals surface area contributed by atoms with Crippen molar-refractivity contribution in [1.82, 2.24) is 9.78 Å². The zero-order valence-electron chi connectivity index (χ0n) is 16.3. The fraction of sp³-hybridized carbons (Fsp3) is 0.474. The SMILES string of the molecule is COCC(N)C(=O)Nc1cc(C(C)(C)C)nn1-c1ccc(C)cc1C.Cl. The summed E-state index contributed by atoms with van der Waals surface area (Å²) in [4.78, 5) is 12.3. The summed E-state index contributed by atoms with van der Waals surface area (Å²) >= 11 is 0. The molecule has 0 saturated carbocycles. The highest BCUT2D eigenvalue weighted by Gasteiger charge is 2.23. The third-order valence-electron chi connectivity index (χ3n) is 3.99. The maximum Gasteiger partial charge on any atom is 0.244 e. The standard InChI is InChI=1S/C19H28N4O2.ClH/c1-12-7-8-15(13(2)9-12)23-17(10-16(22-23)19(3,4)5)21-18(24)14(20)11-25-6;/h7-10,14H,11,20H2,1-6H3,(H,21,24);1H. The van der Waals surface area contributed by atoms with Gasteiger partial charge in [0.2, 0.25) is 5.91 Å². The molecule has 0 saturated heterocycles. The first-order chi connectivity index (χ1) is 11.6. The van der Waals surface area contributed by atoms with Gasteiger partial charge in [-0.1, -0.05) is 38.5 Å². The maximum atomic E-state index is 12.3. The van der Waals surface area contributed by atoms with Crippen LogP contribution in [0.2, 0.25) is 0 Å². The Balaban J connectivity index is 0.00000338. The van der Waals surface area contributed by atoms with Crippen LogP contribution in [0, 0.1) is 13.8 Å². The van der Waals surface area contributed by atoms with Crippen LogP contribution in [0.1, 0.15) is 37.6 Å². The minimum absolute atomic E-state index is 0. The van der Waals surface area contributed by atoms with E-state index in [1.54, 1.807) is 4.68 Å². The summed E-state index contributed by atoms with van der Waals surface area (Å²) in [7, 11) is 1.52. The molecule has 3 N–H and O–H groups in total. The average molecular weight is 381 g/mol. The van der Waals surface area contributed by atoms with Crippen molar-refractivity contribution in [2.24, 2.45) is 5.73 Å². The molecule has 1 atom stereocenters. The smallest absolute Gasteiger partial charge is 0.244 e. The second-order valence-corrected chi connectivity index (χ2v) is 7.42. The number of amides is 1. The van der Waals surface area contributed by atoms with Crippen molar-refractivity contribution >= 4 is 24.1 Å². The van der Waals surface area contributed by atoms with E-state index in [2.05, 4.69) is 32.2 Å². The van der Waals surface area contributed by atoms with Crippen LogP contribution in [0.15, 0.2) is 24.3 Å². The number of ether oxygens (including phenoxy) is 1. The lowest BCUT2D eigenvalue weighted by Crippen LogP contribution is -2.39. The number of halogens is 1. The van der Waals surface area contributed by atoms with Crippen molar-refractivity contribution in [2.75, 3.05) is 19.0 Å². The molecule has 0 aliphatic carbocycles. The number of rotatable bonds is 5. The van der Waals surface area contributed by atoms with Crippen LogP contribution in [-0.4, -0.2) is 35.4 Å². The van der Waals surface area contributed by atoms with Crippen LogP contribution >= 0.6 is 12.4 Å². The molecular weight excluding hydrogens is 352 g/mol. The van der Waals surface area contributed by atoms with Crippen molar-refractivity contribution in [2.45, 2.75) is 46.1 Å².